The van der Waals surface area contributed by atoms with Crippen molar-refractivity contribution >= 4 is 22.2 Å². The summed E-state index contributed by atoms with van der Waals surface area (Å²) in [5, 5.41) is 9.10. The van der Waals surface area contributed by atoms with E-state index in [9.17, 15) is 14.0 Å². The summed E-state index contributed by atoms with van der Waals surface area (Å²) in [4.78, 5) is 30.3. The number of nitrogens with one attached hydrogen (secondary N) is 1. The Morgan fingerprint density at radius 2 is 1.75 bits per heavy atom. The monoisotopic (exact) mass is 503 g/mol. The Balaban J connectivity index is 1.22. The van der Waals surface area contributed by atoms with Gasteiger partial charge in [-0.05, 0) is 54.6 Å². The summed E-state index contributed by atoms with van der Waals surface area (Å²) in [6.07, 6.45) is 2.09. The highest BCUT2D eigenvalue weighted by Gasteiger charge is 2.13. The van der Waals surface area contributed by atoms with Crippen molar-refractivity contribution in [2.45, 2.75) is 13.0 Å². The average molecular weight is 504 g/mol. The number of rotatable bonds is 8. The van der Waals surface area contributed by atoms with Gasteiger partial charge in [0.05, 0.1) is 31.5 Å². The Morgan fingerprint density at radius 1 is 1.03 bits per heavy atom. The predicted octanol–water partition coefficient (Wildman–Crippen LogP) is 3.79. The third kappa shape index (κ3) is 5.03. The molecule has 0 aliphatic carbocycles. The van der Waals surface area contributed by atoms with E-state index in [4.69, 9.17) is 4.74 Å². The maximum atomic E-state index is 13.2. The second-order valence-electron chi connectivity index (χ2n) is 8.05. The molecule has 0 spiro atoms. The van der Waals surface area contributed by atoms with Crippen LogP contribution in [0.5, 0.6) is 5.75 Å². The van der Waals surface area contributed by atoms with Crippen LogP contribution < -0.4 is 15.6 Å². The summed E-state index contributed by atoms with van der Waals surface area (Å²) >= 11 is 1.47. The predicted molar refractivity (Wildman–Crippen MR) is 136 cm³/mol. The fraction of sp³-hybridized carbons (Fsp3) is 0.154. The number of imidazole rings is 1. The molecule has 0 unspecified atom stereocenters. The zero-order valence-electron chi connectivity index (χ0n) is 19.3. The molecule has 0 bridgehead atoms. The van der Waals surface area contributed by atoms with Crippen LogP contribution in [0.3, 0.4) is 0 Å². The lowest BCUT2D eigenvalue weighted by atomic mass is 10.1. The minimum atomic E-state index is -0.342. The molecule has 182 valence electrons. The van der Waals surface area contributed by atoms with E-state index in [0.29, 0.717) is 11.3 Å². The quantitative estimate of drug-likeness (QED) is 0.348. The first kappa shape index (κ1) is 23.4. The summed E-state index contributed by atoms with van der Waals surface area (Å²) < 4.78 is 21.6. The van der Waals surface area contributed by atoms with Gasteiger partial charge in [0.1, 0.15) is 11.6 Å². The molecule has 0 saturated heterocycles. The van der Waals surface area contributed by atoms with E-state index in [1.807, 2.05) is 40.2 Å². The van der Waals surface area contributed by atoms with Gasteiger partial charge in [-0.25, -0.2) is 14.1 Å². The van der Waals surface area contributed by atoms with E-state index in [0.717, 1.165) is 27.7 Å². The van der Waals surface area contributed by atoms with E-state index in [2.05, 4.69) is 15.4 Å². The molecule has 5 rings (SSSR count). The molecule has 1 amide bonds. The molecule has 1 N–H and O–H groups in total. The van der Waals surface area contributed by atoms with Gasteiger partial charge in [0.15, 0.2) is 4.96 Å². The SMILES string of the molecule is COc1ccc(-c2cn3c(CC(=O)NCCn4nc(-c5ccc(F)cc5)ccc4=O)csc3n2)cc1. The van der Waals surface area contributed by atoms with Crippen molar-refractivity contribution in [3.05, 3.63) is 94.1 Å². The molecule has 2 aromatic carbocycles. The molecule has 36 heavy (non-hydrogen) atoms. The largest absolute Gasteiger partial charge is 0.497 e. The molecule has 10 heteroatoms. The standard InChI is InChI=1S/C26H22FN5O3S/c1-35-21-8-4-18(5-9-21)23-15-31-20(16-36-26(31)29-23)14-24(33)28-12-13-32-25(34)11-10-22(30-32)17-2-6-19(27)7-3-17/h2-11,15-16H,12-14H2,1H3,(H,28,33). The van der Waals surface area contributed by atoms with Crippen LogP contribution in [0.1, 0.15) is 5.69 Å². The van der Waals surface area contributed by atoms with Gasteiger partial charge in [-0.15, -0.1) is 11.3 Å². The Hall–Kier alpha value is -4.31. The van der Waals surface area contributed by atoms with Gasteiger partial charge in [-0.1, -0.05) is 0 Å². The summed E-state index contributed by atoms with van der Waals surface area (Å²) in [7, 11) is 1.62. The summed E-state index contributed by atoms with van der Waals surface area (Å²) in [5.74, 6) is 0.263. The average Bonchev–Trinajstić information content (AvgIpc) is 3.48. The molecule has 3 heterocycles. The first-order valence-corrected chi connectivity index (χ1v) is 12.1. The first-order chi connectivity index (χ1) is 17.5. The van der Waals surface area contributed by atoms with Crippen LogP contribution in [0.25, 0.3) is 27.5 Å². The van der Waals surface area contributed by atoms with Crippen LogP contribution in [0.15, 0.2) is 77.0 Å². The molecular weight excluding hydrogens is 481 g/mol. The zero-order valence-corrected chi connectivity index (χ0v) is 20.2. The number of carbonyl (C=O) groups excluding carboxylic acids is 1. The number of halogens is 1. The summed E-state index contributed by atoms with van der Waals surface area (Å²) in [6, 6.07) is 16.5. The van der Waals surface area contributed by atoms with Crippen LogP contribution in [-0.4, -0.2) is 38.7 Å². The number of fused-ring (bicyclic) bond motifs is 1. The van der Waals surface area contributed by atoms with E-state index in [1.54, 1.807) is 25.3 Å². The van der Waals surface area contributed by atoms with Crippen LogP contribution >= 0.6 is 11.3 Å². The second kappa shape index (κ2) is 10.1. The highest BCUT2D eigenvalue weighted by molar-refractivity contribution is 7.15. The fourth-order valence-electron chi connectivity index (χ4n) is 3.77. The fourth-order valence-corrected chi connectivity index (χ4v) is 4.64. The van der Waals surface area contributed by atoms with Crippen LogP contribution in [0.2, 0.25) is 0 Å². The normalized spacial score (nSPS) is 11.1. The first-order valence-electron chi connectivity index (χ1n) is 11.2. The maximum absolute atomic E-state index is 13.2. The highest BCUT2D eigenvalue weighted by atomic mass is 32.1. The number of benzene rings is 2. The molecule has 0 fully saturated rings. The van der Waals surface area contributed by atoms with E-state index in [1.165, 1.54) is 34.2 Å². The molecule has 3 aromatic heterocycles. The lowest BCUT2D eigenvalue weighted by Gasteiger charge is -2.08. The van der Waals surface area contributed by atoms with Crippen molar-refractivity contribution in [2.24, 2.45) is 0 Å². The van der Waals surface area contributed by atoms with Crippen molar-refractivity contribution in [1.29, 1.82) is 0 Å². The number of hydrogen-bond donors (Lipinski definition) is 1. The lowest BCUT2D eigenvalue weighted by Crippen LogP contribution is -2.32. The Kier molecular flexibility index (Phi) is 6.59. The highest BCUT2D eigenvalue weighted by Crippen LogP contribution is 2.25. The number of hydrogen-bond acceptors (Lipinski definition) is 6. The molecule has 0 aliphatic heterocycles. The van der Waals surface area contributed by atoms with Crippen LogP contribution in [0, 0.1) is 5.82 Å². The van der Waals surface area contributed by atoms with Gasteiger partial charge in [0.2, 0.25) is 5.91 Å². The molecule has 8 nitrogen and oxygen atoms in total. The third-order valence-electron chi connectivity index (χ3n) is 5.66. The van der Waals surface area contributed by atoms with Crippen molar-refractivity contribution in [3.8, 4) is 28.3 Å². The molecule has 0 radical (unpaired) electrons. The summed E-state index contributed by atoms with van der Waals surface area (Å²) in [6.45, 7) is 0.457. The minimum absolute atomic E-state index is 0.169. The van der Waals surface area contributed by atoms with Gasteiger partial charge in [-0.3, -0.25) is 14.0 Å². The summed E-state index contributed by atoms with van der Waals surface area (Å²) in [5.41, 5.74) is 3.58. The van der Waals surface area contributed by atoms with Gasteiger partial charge in [-0.2, -0.15) is 5.10 Å². The van der Waals surface area contributed by atoms with E-state index < -0.39 is 0 Å². The minimum Gasteiger partial charge on any atom is -0.497 e. The van der Waals surface area contributed by atoms with Crippen LogP contribution in [-0.2, 0) is 17.8 Å². The Labute approximate surface area is 209 Å². The molecule has 5 aromatic rings. The van der Waals surface area contributed by atoms with Crippen molar-refractivity contribution < 1.29 is 13.9 Å². The maximum Gasteiger partial charge on any atom is 0.266 e. The number of amides is 1. The van der Waals surface area contributed by atoms with Gasteiger partial charge < -0.3 is 10.1 Å². The Bertz CT molecular complexity index is 1570. The molecular formula is C26H22FN5O3S. The van der Waals surface area contributed by atoms with E-state index >= 15 is 0 Å². The second-order valence-corrected chi connectivity index (χ2v) is 8.88. The Morgan fingerprint density at radius 3 is 2.50 bits per heavy atom. The van der Waals surface area contributed by atoms with Crippen molar-refractivity contribution in [3.63, 3.8) is 0 Å². The third-order valence-corrected chi connectivity index (χ3v) is 6.55. The number of thiazole rings is 1. The number of carbonyl (C=O) groups is 1. The van der Waals surface area contributed by atoms with Gasteiger partial charge in [0, 0.05) is 41.0 Å². The number of methoxy groups -OCH3 is 1. The van der Waals surface area contributed by atoms with Crippen molar-refractivity contribution in [1.82, 2.24) is 24.5 Å². The molecule has 0 saturated carbocycles. The number of nitrogens with zero attached hydrogens (tertiary/aromatic N) is 4. The van der Waals surface area contributed by atoms with Crippen LogP contribution in [0.4, 0.5) is 4.39 Å². The number of aromatic nitrogens is 4. The lowest BCUT2D eigenvalue weighted by molar-refractivity contribution is -0.120. The smallest absolute Gasteiger partial charge is 0.266 e. The topological polar surface area (TPSA) is 90.5 Å². The van der Waals surface area contributed by atoms with Gasteiger partial charge in [0.25, 0.3) is 5.56 Å². The van der Waals surface area contributed by atoms with Gasteiger partial charge >= 0.3 is 0 Å². The zero-order chi connectivity index (χ0) is 25.1. The number of ether oxygens (including phenoxy) is 1. The van der Waals surface area contributed by atoms with Crippen molar-refractivity contribution in [2.75, 3.05) is 13.7 Å². The molecule has 0 aliphatic rings. The molecule has 0 atom stereocenters. The van der Waals surface area contributed by atoms with E-state index in [-0.39, 0.29) is 36.8 Å².